The lowest BCUT2D eigenvalue weighted by atomic mass is 10.2. The topological polar surface area (TPSA) is 47.6 Å². The molecule has 0 unspecified atom stereocenters. The van der Waals surface area contributed by atoms with Crippen LogP contribution in [-0.4, -0.2) is 19.1 Å². The Morgan fingerprint density at radius 3 is 2.71 bits per heavy atom. The summed E-state index contributed by atoms with van der Waals surface area (Å²) >= 11 is 0. The van der Waals surface area contributed by atoms with Crippen molar-refractivity contribution in [2.24, 2.45) is 0 Å². The summed E-state index contributed by atoms with van der Waals surface area (Å²) < 4.78 is 10.9. The van der Waals surface area contributed by atoms with E-state index in [-0.39, 0.29) is 12.5 Å². The number of para-hydroxylation sites is 2. The molecule has 4 nitrogen and oxygen atoms in total. The third kappa shape index (κ3) is 4.61. The average Bonchev–Trinajstić information content (AvgIpc) is 2.47. The number of carbonyl (C=O) groups is 1. The first kappa shape index (κ1) is 15.1. The van der Waals surface area contributed by atoms with Crippen LogP contribution < -0.4 is 10.1 Å². The summed E-state index contributed by atoms with van der Waals surface area (Å²) in [4.78, 5) is 11.7. The molecule has 1 N–H and O–H groups in total. The molecule has 0 spiro atoms. The Morgan fingerprint density at radius 2 is 1.95 bits per heavy atom. The lowest BCUT2D eigenvalue weighted by molar-refractivity contribution is -0.120. The second-order valence-corrected chi connectivity index (χ2v) is 4.60. The van der Waals surface area contributed by atoms with Gasteiger partial charge in [-0.25, -0.2) is 0 Å². The fourth-order valence-corrected chi connectivity index (χ4v) is 1.85. The van der Waals surface area contributed by atoms with Crippen LogP contribution in [0.2, 0.25) is 0 Å². The van der Waals surface area contributed by atoms with E-state index in [9.17, 15) is 4.79 Å². The van der Waals surface area contributed by atoms with Gasteiger partial charge in [0.25, 0.3) is 0 Å². The monoisotopic (exact) mass is 285 g/mol. The number of anilines is 1. The van der Waals surface area contributed by atoms with Crippen molar-refractivity contribution in [3.63, 3.8) is 0 Å². The molecule has 0 fully saturated rings. The number of benzene rings is 2. The predicted octanol–water partition coefficient (Wildman–Crippen LogP) is 3.76. The van der Waals surface area contributed by atoms with Crippen molar-refractivity contribution < 1.29 is 14.3 Å². The van der Waals surface area contributed by atoms with Gasteiger partial charge in [-0.15, -0.1) is 0 Å². The van der Waals surface area contributed by atoms with Crippen LogP contribution in [0, 0.1) is 6.92 Å². The highest BCUT2D eigenvalue weighted by molar-refractivity contribution is 5.93. The first-order valence-electron chi connectivity index (χ1n) is 6.90. The van der Waals surface area contributed by atoms with Crippen LogP contribution in [0.4, 0.5) is 5.69 Å². The van der Waals surface area contributed by atoms with Gasteiger partial charge in [-0.05, 0) is 43.7 Å². The van der Waals surface area contributed by atoms with E-state index >= 15 is 0 Å². The third-order valence-corrected chi connectivity index (χ3v) is 2.82. The Kier molecular flexibility index (Phi) is 5.35. The zero-order valence-corrected chi connectivity index (χ0v) is 12.3. The van der Waals surface area contributed by atoms with Crippen molar-refractivity contribution >= 4 is 11.6 Å². The van der Waals surface area contributed by atoms with Gasteiger partial charge in [0, 0.05) is 6.61 Å². The Hall–Kier alpha value is -2.33. The molecule has 0 aromatic heterocycles. The molecule has 0 radical (unpaired) electrons. The van der Waals surface area contributed by atoms with Gasteiger partial charge in [-0.1, -0.05) is 24.3 Å². The Bertz CT molecular complexity index is 610. The van der Waals surface area contributed by atoms with E-state index in [1.807, 2.05) is 56.3 Å². The third-order valence-electron chi connectivity index (χ3n) is 2.82. The predicted molar refractivity (Wildman–Crippen MR) is 82.8 cm³/mol. The number of carbonyl (C=O) groups excluding carboxylic acids is 1. The highest BCUT2D eigenvalue weighted by Gasteiger charge is 2.08. The molecule has 0 saturated heterocycles. The molecule has 0 bridgehead atoms. The number of rotatable bonds is 6. The second-order valence-electron chi connectivity index (χ2n) is 4.60. The minimum Gasteiger partial charge on any atom is -0.455 e. The SMILES string of the molecule is CCOCC(=O)Nc1ccccc1Oc1cccc(C)c1. The second kappa shape index (κ2) is 7.45. The van der Waals surface area contributed by atoms with Gasteiger partial charge >= 0.3 is 0 Å². The molecule has 21 heavy (non-hydrogen) atoms. The van der Waals surface area contributed by atoms with Gasteiger partial charge in [-0.2, -0.15) is 0 Å². The summed E-state index contributed by atoms with van der Waals surface area (Å²) in [5.74, 6) is 1.14. The van der Waals surface area contributed by atoms with Crippen molar-refractivity contribution in [3.8, 4) is 11.5 Å². The maximum Gasteiger partial charge on any atom is 0.250 e. The van der Waals surface area contributed by atoms with E-state index in [0.717, 1.165) is 11.3 Å². The zero-order valence-electron chi connectivity index (χ0n) is 12.3. The Labute approximate surface area is 124 Å². The summed E-state index contributed by atoms with van der Waals surface area (Å²) in [6.45, 7) is 4.40. The molecule has 0 aliphatic rings. The molecule has 2 aromatic carbocycles. The number of hydrogen-bond acceptors (Lipinski definition) is 3. The molecule has 0 aliphatic carbocycles. The van der Waals surface area contributed by atoms with Crippen LogP contribution in [0.15, 0.2) is 48.5 Å². The quantitative estimate of drug-likeness (QED) is 0.879. The smallest absolute Gasteiger partial charge is 0.250 e. The van der Waals surface area contributed by atoms with Gasteiger partial charge in [0.15, 0.2) is 5.75 Å². The Balaban J connectivity index is 2.11. The lowest BCUT2D eigenvalue weighted by Crippen LogP contribution is -2.18. The van der Waals surface area contributed by atoms with E-state index in [2.05, 4.69) is 5.32 Å². The molecule has 2 rings (SSSR count). The molecule has 4 heteroatoms. The van der Waals surface area contributed by atoms with E-state index in [4.69, 9.17) is 9.47 Å². The molecule has 0 heterocycles. The Morgan fingerprint density at radius 1 is 1.14 bits per heavy atom. The molecular formula is C17H19NO3. The van der Waals surface area contributed by atoms with Gasteiger partial charge in [-0.3, -0.25) is 4.79 Å². The van der Waals surface area contributed by atoms with E-state index < -0.39 is 0 Å². The van der Waals surface area contributed by atoms with Crippen LogP contribution in [0.5, 0.6) is 11.5 Å². The fourth-order valence-electron chi connectivity index (χ4n) is 1.85. The summed E-state index contributed by atoms with van der Waals surface area (Å²) in [7, 11) is 0. The first-order chi connectivity index (χ1) is 10.2. The van der Waals surface area contributed by atoms with Gasteiger partial charge in [0.05, 0.1) is 5.69 Å². The minimum atomic E-state index is -0.197. The first-order valence-corrected chi connectivity index (χ1v) is 6.90. The molecule has 1 amide bonds. The summed E-state index contributed by atoms with van der Waals surface area (Å²) in [5.41, 5.74) is 1.74. The lowest BCUT2D eigenvalue weighted by Gasteiger charge is -2.12. The van der Waals surface area contributed by atoms with Crippen molar-refractivity contribution in [1.29, 1.82) is 0 Å². The molecule has 0 saturated carbocycles. The van der Waals surface area contributed by atoms with Crippen molar-refractivity contribution in [2.75, 3.05) is 18.5 Å². The summed E-state index contributed by atoms with van der Waals surface area (Å²) in [6, 6.07) is 15.1. The van der Waals surface area contributed by atoms with E-state index in [1.54, 1.807) is 6.07 Å². The van der Waals surface area contributed by atoms with Crippen LogP contribution in [0.25, 0.3) is 0 Å². The standard InChI is InChI=1S/C17H19NO3/c1-3-20-12-17(19)18-15-9-4-5-10-16(15)21-14-8-6-7-13(2)11-14/h4-11H,3,12H2,1-2H3,(H,18,19). The average molecular weight is 285 g/mol. The van der Waals surface area contributed by atoms with Gasteiger partial charge < -0.3 is 14.8 Å². The largest absolute Gasteiger partial charge is 0.455 e. The molecule has 2 aromatic rings. The number of hydrogen-bond donors (Lipinski definition) is 1. The maximum atomic E-state index is 11.7. The number of aryl methyl sites for hydroxylation is 1. The van der Waals surface area contributed by atoms with Crippen LogP contribution in [-0.2, 0) is 9.53 Å². The molecule has 0 atom stereocenters. The normalized spacial score (nSPS) is 10.2. The number of ether oxygens (including phenoxy) is 2. The number of nitrogens with one attached hydrogen (secondary N) is 1. The molecule has 110 valence electrons. The summed E-state index contributed by atoms with van der Waals surface area (Å²) in [5, 5.41) is 2.79. The van der Waals surface area contributed by atoms with Crippen molar-refractivity contribution in [3.05, 3.63) is 54.1 Å². The fraction of sp³-hybridized carbons (Fsp3) is 0.235. The molecular weight excluding hydrogens is 266 g/mol. The zero-order chi connectivity index (χ0) is 15.1. The van der Waals surface area contributed by atoms with E-state index in [1.165, 1.54) is 0 Å². The van der Waals surface area contributed by atoms with Crippen molar-refractivity contribution in [2.45, 2.75) is 13.8 Å². The highest BCUT2D eigenvalue weighted by Crippen LogP contribution is 2.29. The highest BCUT2D eigenvalue weighted by atomic mass is 16.5. The van der Waals surface area contributed by atoms with E-state index in [0.29, 0.717) is 18.0 Å². The van der Waals surface area contributed by atoms with Crippen LogP contribution >= 0.6 is 0 Å². The van der Waals surface area contributed by atoms with Crippen molar-refractivity contribution in [1.82, 2.24) is 0 Å². The van der Waals surface area contributed by atoms with Gasteiger partial charge in [0.2, 0.25) is 5.91 Å². The van der Waals surface area contributed by atoms with Gasteiger partial charge in [0.1, 0.15) is 12.4 Å². The summed E-state index contributed by atoms with van der Waals surface area (Å²) in [6.07, 6.45) is 0. The maximum absolute atomic E-state index is 11.7. The molecule has 0 aliphatic heterocycles. The number of amides is 1. The minimum absolute atomic E-state index is 0.0370. The van der Waals surface area contributed by atoms with Crippen LogP contribution in [0.1, 0.15) is 12.5 Å². The van der Waals surface area contributed by atoms with Crippen LogP contribution in [0.3, 0.4) is 0 Å².